The molecule has 2 N–H and O–H groups in total. The number of morpholine rings is 1. The highest BCUT2D eigenvalue weighted by Crippen LogP contribution is 2.21. The molecule has 1 fully saturated rings. The van der Waals surface area contributed by atoms with Gasteiger partial charge in [-0.3, -0.25) is 9.89 Å². The summed E-state index contributed by atoms with van der Waals surface area (Å²) in [6.07, 6.45) is 3.71. The second kappa shape index (κ2) is 9.48. The Hall–Kier alpha value is -0.810. The molecule has 136 valence electrons. The fraction of sp³-hybridized carbons (Fsp3) is 0.944. The normalized spacial score (nSPS) is 18.1. The molecular weight excluding hydrogens is 288 g/mol. The van der Waals surface area contributed by atoms with Gasteiger partial charge < -0.3 is 15.4 Å². The molecule has 0 aromatic carbocycles. The molecule has 1 aliphatic heterocycles. The maximum Gasteiger partial charge on any atom is 0.191 e. The summed E-state index contributed by atoms with van der Waals surface area (Å²) in [7, 11) is 1.84. The standard InChI is InChI=1S/C18H38N4O/c1-17(2,3)9-7-8-10-20-16(19-6)21-15-18(4,5)22-11-13-23-14-12-22/h7-15H2,1-6H3,(H2,19,20,21). The molecule has 0 spiro atoms. The average molecular weight is 327 g/mol. The zero-order valence-electron chi connectivity index (χ0n) is 16.2. The quantitative estimate of drug-likeness (QED) is 0.429. The summed E-state index contributed by atoms with van der Waals surface area (Å²) >= 11 is 0. The summed E-state index contributed by atoms with van der Waals surface area (Å²) in [5.74, 6) is 0.905. The molecule has 0 bridgehead atoms. The van der Waals surface area contributed by atoms with Crippen LogP contribution in [0.25, 0.3) is 0 Å². The maximum absolute atomic E-state index is 5.44. The zero-order valence-corrected chi connectivity index (χ0v) is 16.2. The van der Waals surface area contributed by atoms with Gasteiger partial charge in [-0.1, -0.05) is 27.2 Å². The highest BCUT2D eigenvalue weighted by molar-refractivity contribution is 5.79. The topological polar surface area (TPSA) is 48.9 Å². The van der Waals surface area contributed by atoms with Gasteiger partial charge in [0.25, 0.3) is 0 Å². The van der Waals surface area contributed by atoms with Crippen LogP contribution in [-0.2, 0) is 4.74 Å². The number of nitrogens with one attached hydrogen (secondary N) is 2. The van der Waals surface area contributed by atoms with Crippen molar-refractivity contribution >= 4 is 5.96 Å². The Morgan fingerprint density at radius 3 is 2.26 bits per heavy atom. The van der Waals surface area contributed by atoms with Gasteiger partial charge in [0.2, 0.25) is 0 Å². The third-order valence-corrected chi connectivity index (χ3v) is 4.43. The molecule has 0 aromatic heterocycles. The maximum atomic E-state index is 5.44. The van der Waals surface area contributed by atoms with Crippen LogP contribution in [0.2, 0.25) is 0 Å². The van der Waals surface area contributed by atoms with Crippen molar-refractivity contribution in [3.63, 3.8) is 0 Å². The van der Waals surface area contributed by atoms with Gasteiger partial charge in [0.05, 0.1) is 13.2 Å². The van der Waals surface area contributed by atoms with E-state index in [1.807, 2.05) is 7.05 Å². The summed E-state index contributed by atoms with van der Waals surface area (Å²) in [6.45, 7) is 17.0. The lowest BCUT2D eigenvalue weighted by atomic mass is 9.90. The van der Waals surface area contributed by atoms with E-state index in [2.05, 4.69) is 55.1 Å². The first-order chi connectivity index (χ1) is 10.7. The molecule has 0 aromatic rings. The van der Waals surface area contributed by atoms with E-state index in [1.54, 1.807) is 0 Å². The van der Waals surface area contributed by atoms with Crippen molar-refractivity contribution in [2.45, 2.75) is 59.4 Å². The van der Waals surface area contributed by atoms with Crippen LogP contribution in [0.3, 0.4) is 0 Å². The number of unbranched alkanes of at least 4 members (excludes halogenated alkanes) is 1. The Morgan fingerprint density at radius 2 is 1.70 bits per heavy atom. The average Bonchev–Trinajstić information content (AvgIpc) is 2.50. The molecule has 1 rings (SSSR count). The van der Waals surface area contributed by atoms with Crippen molar-refractivity contribution in [1.29, 1.82) is 0 Å². The van der Waals surface area contributed by atoms with Crippen LogP contribution >= 0.6 is 0 Å². The van der Waals surface area contributed by atoms with Crippen molar-refractivity contribution < 1.29 is 4.74 Å². The molecule has 1 saturated heterocycles. The number of hydrogen-bond acceptors (Lipinski definition) is 3. The van der Waals surface area contributed by atoms with Crippen molar-refractivity contribution in [2.24, 2.45) is 10.4 Å². The van der Waals surface area contributed by atoms with Crippen molar-refractivity contribution in [3.05, 3.63) is 0 Å². The van der Waals surface area contributed by atoms with Gasteiger partial charge >= 0.3 is 0 Å². The van der Waals surface area contributed by atoms with E-state index < -0.39 is 0 Å². The van der Waals surface area contributed by atoms with Gasteiger partial charge in [0.15, 0.2) is 5.96 Å². The fourth-order valence-electron chi connectivity index (χ4n) is 2.79. The zero-order chi connectivity index (χ0) is 17.3. The molecule has 0 saturated carbocycles. The van der Waals surface area contributed by atoms with E-state index in [-0.39, 0.29) is 5.54 Å². The number of guanidine groups is 1. The van der Waals surface area contributed by atoms with Crippen LogP contribution in [0, 0.1) is 5.41 Å². The van der Waals surface area contributed by atoms with E-state index in [0.29, 0.717) is 5.41 Å². The minimum Gasteiger partial charge on any atom is -0.379 e. The van der Waals surface area contributed by atoms with Gasteiger partial charge in [-0.05, 0) is 32.1 Å². The van der Waals surface area contributed by atoms with E-state index >= 15 is 0 Å². The first-order valence-electron chi connectivity index (χ1n) is 9.02. The third-order valence-electron chi connectivity index (χ3n) is 4.43. The highest BCUT2D eigenvalue weighted by atomic mass is 16.5. The number of ether oxygens (including phenoxy) is 1. The van der Waals surface area contributed by atoms with Crippen LogP contribution in [0.15, 0.2) is 4.99 Å². The second-order valence-corrected chi connectivity index (χ2v) is 8.28. The predicted molar refractivity (Wildman–Crippen MR) is 99.1 cm³/mol. The molecule has 0 radical (unpaired) electrons. The summed E-state index contributed by atoms with van der Waals surface area (Å²) in [5, 5.41) is 6.90. The van der Waals surface area contributed by atoms with Crippen molar-refractivity contribution in [2.75, 3.05) is 46.4 Å². The van der Waals surface area contributed by atoms with Gasteiger partial charge in [-0.2, -0.15) is 0 Å². The first-order valence-corrected chi connectivity index (χ1v) is 9.02. The lowest BCUT2D eigenvalue weighted by molar-refractivity contribution is -0.00833. The Morgan fingerprint density at radius 1 is 1.04 bits per heavy atom. The SMILES string of the molecule is CN=C(NCCCCC(C)(C)C)NCC(C)(C)N1CCOCC1. The van der Waals surface area contributed by atoms with Crippen LogP contribution < -0.4 is 10.6 Å². The third kappa shape index (κ3) is 8.56. The largest absolute Gasteiger partial charge is 0.379 e. The smallest absolute Gasteiger partial charge is 0.191 e. The molecule has 1 heterocycles. The Balaban J connectivity index is 2.25. The lowest BCUT2D eigenvalue weighted by Crippen LogP contribution is -2.56. The van der Waals surface area contributed by atoms with E-state index in [0.717, 1.165) is 45.4 Å². The minimum atomic E-state index is 0.105. The monoisotopic (exact) mass is 326 g/mol. The van der Waals surface area contributed by atoms with Gasteiger partial charge in [0.1, 0.15) is 0 Å². The molecule has 1 aliphatic rings. The van der Waals surface area contributed by atoms with Gasteiger partial charge in [-0.15, -0.1) is 0 Å². The van der Waals surface area contributed by atoms with Crippen molar-refractivity contribution in [1.82, 2.24) is 15.5 Å². The van der Waals surface area contributed by atoms with Crippen LogP contribution in [0.1, 0.15) is 53.9 Å². The van der Waals surface area contributed by atoms with E-state index in [4.69, 9.17) is 4.74 Å². The Labute approximate surface area is 143 Å². The highest BCUT2D eigenvalue weighted by Gasteiger charge is 2.28. The molecule has 23 heavy (non-hydrogen) atoms. The Kier molecular flexibility index (Phi) is 8.34. The summed E-state index contributed by atoms with van der Waals surface area (Å²) < 4.78 is 5.44. The van der Waals surface area contributed by atoms with Crippen LogP contribution in [-0.4, -0.2) is 62.8 Å². The molecule has 0 unspecified atom stereocenters. The summed E-state index contributed by atoms with van der Waals surface area (Å²) in [6, 6.07) is 0. The molecule has 0 aliphatic carbocycles. The molecular formula is C18H38N4O. The van der Waals surface area contributed by atoms with Crippen LogP contribution in [0.4, 0.5) is 0 Å². The number of hydrogen-bond donors (Lipinski definition) is 2. The number of rotatable bonds is 7. The van der Waals surface area contributed by atoms with Gasteiger partial charge in [0, 0.05) is 38.8 Å². The molecule has 5 heteroatoms. The molecule has 0 atom stereocenters. The van der Waals surface area contributed by atoms with Crippen LogP contribution in [0.5, 0.6) is 0 Å². The number of nitrogens with zero attached hydrogens (tertiary/aromatic N) is 2. The first kappa shape index (κ1) is 20.2. The van der Waals surface area contributed by atoms with Gasteiger partial charge in [-0.25, -0.2) is 0 Å². The fourth-order valence-corrected chi connectivity index (χ4v) is 2.79. The predicted octanol–water partition coefficient (Wildman–Crippen LogP) is 2.48. The van der Waals surface area contributed by atoms with E-state index in [9.17, 15) is 0 Å². The molecule has 5 nitrogen and oxygen atoms in total. The second-order valence-electron chi connectivity index (χ2n) is 8.28. The summed E-state index contributed by atoms with van der Waals surface area (Å²) in [4.78, 5) is 6.82. The Bertz CT molecular complexity index is 355. The number of aliphatic imine (C=N–C) groups is 1. The van der Waals surface area contributed by atoms with E-state index in [1.165, 1.54) is 19.3 Å². The molecule has 0 amide bonds. The lowest BCUT2D eigenvalue weighted by Gasteiger charge is -2.41. The van der Waals surface area contributed by atoms with Crippen molar-refractivity contribution in [3.8, 4) is 0 Å². The minimum absolute atomic E-state index is 0.105. The summed E-state index contributed by atoms with van der Waals surface area (Å²) in [5.41, 5.74) is 0.537.